The molecule has 3 aromatic rings. The molecule has 3 fully saturated rings. The lowest BCUT2D eigenvalue weighted by Gasteiger charge is -2.29. The van der Waals surface area contributed by atoms with Crippen molar-refractivity contribution in [2.24, 2.45) is 0 Å². The summed E-state index contributed by atoms with van der Waals surface area (Å²) in [6.45, 7) is 1.67. The summed E-state index contributed by atoms with van der Waals surface area (Å²) in [5, 5.41) is 15.5. The number of thiazole rings is 1. The number of carbonyl (C=O) groups excluding carboxylic acids is 1. The minimum atomic E-state index is -2.61. The fourth-order valence-corrected chi connectivity index (χ4v) is 5.16. The van der Waals surface area contributed by atoms with Gasteiger partial charge in [-0.3, -0.25) is 9.89 Å². The lowest BCUT2D eigenvalue weighted by molar-refractivity contribution is -0.117. The Balaban J connectivity index is 1.30. The normalized spacial score (nSPS) is 21.5. The van der Waals surface area contributed by atoms with Crippen LogP contribution in [0.25, 0.3) is 0 Å². The van der Waals surface area contributed by atoms with Crippen molar-refractivity contribution >= 4 is 46.0 Å². The van der Waals surface area contributed by atoms with Gasteiger partial charge in [-0.2, -0.15) is 20.1 Å². The molecule has 0 unspecified atom stereocenters. The summed E-state index contributed by atoms with van der Waals surface area (Å²) >= 11 is 1.28. The van der Waals surface area contributed by atoms with Crippen LogP contribution in [0.2, 0.25) is 0 Å². The van der Waals surface area contributed by atoms with Gasteiger partial charge in [0.2, 0.25) is 23.8 Å². The van der Waals surface area contributed by atoms with E-state index in [4.69, 9.17) is 14.5 Å². The van der Waals surface area contributed by atoms with E-state index in [1.54, 1.807) is 16.5 Å². The fraction of sp³-hybridized carbons (Fsp3) is 0.565. The van der Waals surface area contributed by atoms with E-state index in [9.17, 15) is 13.6 Å². The van der Waals surface area contributed by atoms with Crippen molar-refractivity contribution in [3.8, 4) is 0 Å². The van der Waals surface area contributed by atoms with Crippen molar-refractivity contribution < 1.29 is 23.0 Å². The standard InChI is InChI=1S/C23H28F2N10O3S/c24-17(25)12-38-14-9-16(19(36)28-23-26-3-8-39-23)35(11-14)22-30-20(27-18-10-15(32-33-18)13-1-2-13)29-21(31-22)34-4-6-37-7-5-34/h3,8,10,13-14,16-17H,1-2,4-7,9,11-12H2,(H,26,28,36)(H2,27,29,30,31,32,33)/t14-,16-/m0/s1. The molecule has 3 aliphatic rings. The van der Waals surface area contributed by atoms with E-state index in [0.717, 1.165) is 18.5 Å². The molecule has 0 bridgehead atoms. The molecule has 39 heavy (non-hydrogen) atoms. The number of carbonyl (C=O) groups is 1. The summed E-state index contributed by atoms with van der Waals surface area (Å²) in [4.78, 5) is 35.0. The van der Waals surface area contributed by atoms with E-state index in [0.29, 0.717) is 49.1 Å². The number of H-pyrrole nitrogens is 1. The largest absolute Gasteiger partial charge is 0.378 e. The van der Waals surface area contributed by atoms with Crippen molar-refractivity contribution in [1.82, 2.24) is 30.1 Å². The van der Waals surface area contributed by atoms with Crippen LogP contribution in [0.3, 0.4) is 0 Å². The fourth-order valence-electron chi connectivity index (χ4n) is 4.63. The van der Waals surface area contributed by atoms with Crippen LogP contribution < -0.4 is 20.4 Å². The van der Waals surface area contributed by atoms with Crippen molar-refractivity contribution in [3.05, 3.63) is 23.3 Å². The summed E-state index contributed by atoms with van der Waals surface area (Å²) in [5.74, 6) is 1.62. The zero-order valence-electron chi connectivity index (χ0n) is 20.9. The summed E-state index contributed by atoms with van der Waals surface area (Å²) in [7, 11) is 0. The second-order valence-corrected chi connectivity index (χ2v) is 10.4. The predicted molar refractivity (Wildman–Crippen MR) is 139 cm³/mol. The first-order valence-corrected chi connectivity index (χ1v) is 13.7. The number of aromatic amines is 1. The number of halogens is 2. The quantitative estimate of drug-likeness (QED) is 0.335. The first-order chi connectivity index (χ1) is 19.0. The highest BCUT2D eigenvalue weighted by Crippen LogP contribution is 2.39. The van der Waals surface area contributed by atoms with Gasteiger partial charge in [0, 0.05) is 55.3 Å². The number of hydrogen-bond acceptors (Lipinski definition) is 12. The average molecular weight is 563 g/mol. The van der Waals surface area contributed by atoms with Crippen LogP contribution in [0.4, 0.5) is 37.6 Å². The van der Waals surface area contributed by atoms with Gasteiger partial charge in [-0.25, -0.2) is 13.8 Å². The number of morpholine rings is 1. The lowest BCUT2D eigenvalue weighted by atomic mass is 10.2. The van der Waals surface area contributed by atoms with Crippen molar-refractivity contribution in [2.75, 3.05) is 59.9 Å². The van der Waals surface area contributed by atoms with E-state index in [-0.39, 0.29) is 30.8 Å². The number of nitrogens with zero attached hydrogens (tertiary/aromatic N) is 7. The Morgan fingerprint density at radius 1 is 1.23 bits per heavy atom. The van der Waals surface area contributed by atoms with Crippen molar-refractivity contribution in [3.63, 3.8) is 0 Å². The van der Waals surface area contributed by atoms with Gasteiger partial charge in [0.25, 0.3) is 6.43 Å². The molecule has 2 saturated heterocycles. The second kappa shape index (κ2) is 11.3. The highest BCUT2D eigenvalue weighted by atomic mass is 32.1. The van der Waals surface area contributed by atoms with Gasteiger partial charge in [0.1, 0.15) is 12.6 Å². The third kappa shape index (κ3) is 6.23. The molecule has 2 atom stereocenters. The minimum absolute atomic E-state index is 0.156. The van der Waals surface area contributed by atoms with E-state index in [1.165, 1.54) is 11.3 Å². The van der Waals surface area contributed by atoms with Gasteiger partial charge in [-0.1, -0.05) is 0 Å². The molecule has 3 aromatic heterocycles. The highest BCUT2D eigenvalue weighted by molar-refractivity contribution is 7.13. The number of hydrogen-bond donors (Lipinski definition) is 3. The van der Waals surface area contributed by atoms with Gasteiger partial charge in [0.15, 0.2) is 10.9 Å². The highest BCUT2D eigenvalue weighted by Gasteiger charge is 2.40. The Morgan fingerprint density at radius 3 is 2.79 bits per heavy atom. The maximum Gasteiger partial charge on any atom is 0.261 e. The summed E-state index contributed by atoms with van der Waals surface area (Å²) in [5.41, 5.74) is 1.05. The number of anilines is 5. The monoisotopic (exact) mass is 562 g/mol. The molecule has 1 amide bonds. The molecule has 0 spiro atoms. The Morgan fingerprint density at radius 2 is 2.05 bits per heavy atom. The second-order valence-electron chi connectivity index (χ2n) is 9.54. The maximum atomic E-state index is 13.3. The Kier molecular flexibility index (Phi) is 7.47. The molecule has 0 aromatic carbocycles. The molecule has 0 radical (unpaired) electrons. The van der Waals surface area contributed by atoms with Gasteiger partial charge >= 0.3 is 0 Å². The van der Waals surface area contributed by atoms with E-state index in [2.05, 4.69) is 35.8 Å². The van der Waals surface area contributed by atoms with Gasteiger partial charge in [0.05, 0.1) is 19.3 Å². The number of aromatic nitrogens is 6. The first-order valence-electron chi connectivity index (χ1n) is 12.8. The summed E-state index contributed by atoms with van der Waals surface area (Å²) < 4.78 is 36.7. The third-order valence-corrected chi connectivity index (χ3v) is 7.39. The van der Waals surface area contributed by atoms with Gasteiger partial charge < -0.3 is 29.9 Å². The van der Waals surface area contributed by atoms with Crippen LogP contribution in [0.1, 0.15) is 30.9 Å². The molecule has 1 saturated carbocycles. The first kappa shape index (κ1) is 25.8. The predicted octanol–water partition coefficient (Wildman–Crippen LogP) is 2.38. The molecule has 208 valence electrons. The lowest BCUT2D eigenvalue weighted by Crippen LogP contribution is -2.42. The smallest absolute Gasteiger partial charge is 0.261 e. The van der Waals surface area contributed by atoms with Crippen LogP contribution in [-0.4, -0.2) is 94.1 Å². The van der Waals surface area contributed by atoms with E-state index in [1.807, 2.05) is 11.0 Å². The topological polar surface area (TPSA) is 146 Å². The van der Waals surface area contributed by atoms with Crippen LogP contribution in [0.15, 0.2) is 17.6 Å². The summed E-state index contributed by atoms with van der Waals surface area (Å²) in [6, 6.07) is 1.17. The Labute approximate surface area is 226 Å². The van der Waals surface area contributed by atoms with E-state index < -0.39 is 25.2 Å². The SMILES string of the molecule is O=C(Nc1nccs1)[C@@H]1C[C@H](OCC(F)F)CN1c1nc(Nc2cc(C3CC3)[nH]n2)nc(N2CCOCC2)n1. The third-order valence-electron chi connectivity index (χ3n) is 6.70. The Hall–Kier alpha value is -3.50. The van der Waals surface area contributed by atoms with Crippen LogP contribution in [0.5, 0.6) is 0 Å². The van der Waals surface area contributed by atoms with Crippen LogP contribution >= 0.6 is 11.3 Å². The molecule has 6 rings (SSSR count). The number of rotatable bonds is 10. The Bertz CT molecular complexity index is 1270. The number of nitrogens with one attached hydrogen (secondary N) is 3. The van der Waals surface area contributed by atoms with E-state index >= 15 is 0 Å². The maximum absolute atomic E-state index is 13.3. The molecular formula is C23H28F2N10O3S. The summed E-state index contributed by atoms with van der Waals surface area (Å²) in [6.07, 6.45) is 0.814. The van der Waals surface area contributed by atoms with Gasteiger partial charge in [-0.15, -0.1) is 11.3 Å². The van der Waals surface area contributed by atoms with Crippen LogP contribution in [0, 0.1) is 0 Å². The average Bonchev–Trinajstić information content (AvgIpc) is 3.29. The number of alkyl halides is 2. The minimum Gasteiger partial charge on any atom is -0.378 e. The number of ether oxygens (including phenoxy) is 2. The molecule has 16 heteroatoms. The molecule has 2 aliphatic heterocycles. The molecule has 1 aliphatic carbocycles. The molecule has 5 heterocycles. The molecule has 3 N–H and O–H groups in total. The molecular weight excluding hydrogens is 534 g/mol. The van der Waals surface area contributed by atoms with Crippen LogP contribution in [-0.2, 0) is 14.3 Å². The zero-order valence-corrected chi connectivity index (χ0v) is 21.7. The number of amides is 1. The van der Waals surface area contributed by atoms with Gasteiger partial charge in [-0.05, 0) is 12.8 Å². The van der Waals surface area contributed by atoms with Crippen molar-refractivity contribution in [1.29, 1.82) is 0 Å². The van der Waals surface area contributed by atoms with Crippen molar-refractivity contribution in [2.45, 2.75) is 43.8 Å². The zero-order chi connectivity index (χ0) is 26.8. The molecule has 13 nitrogen and oxygen atoms in total.